The molecule has 1 aromatic heterocycles. The molecule has 1 aliphatic heterocycles. The lowest BCUT2D eigenvalue weighted by atomic mass is 10.1. The SMILES string of the molecule is Cn1cnc(C2CCNC2)n1. The monoisotopic (exact) mass is 152 g/mol. The standard InChI is InChI=1S/C7H12N4/c1-11-5-9-7(10-11)6-2-3-8-4-6/h5-6,8H,2-4H2,1H3. The topological polar surface area (TPSA) is 42.7 Å². The molecule has 0 aliphatic carbocycles. The third kappa shape index (κ3) is 1.26. The molecular formula is C7H12N4. The number of hydrogen-bond donors (Lipinski definition) is 1. The number of aromatic nitrogens is 3. The summed E-state index contributed by atoms with van der Waals surface area (Å²) in [5, 5.41) is 7.55. The lowest BCUT2D eigenvalue weighted by molar-refractivity contribution is 0.672. The zero-order valence-corrected chi connectivity index (χ0v) is 6.62. The number of rotatable bonds is 1. The molecule has 1 atom stereocenters. The molecule has 0 saturated carbocycles. The fourth-order valence-corrected chi connectivity index (χ4v) is 1.42. The van der Waals surface area contributed by atoms with Gasteiger partial charge in [0.1, 0.15) is 6.33 Å². The summed E-state index contributed by atoms with van der Waals surface area (Å²) in [4.78, 5) is 4.21. The van der Waals surface area contributed by atoms with Crippen LogP contribution in [0.15, 0.2) is 6.33 Å². The summed E-state index contributed by atoms with van der Waals surface area (Å²) in [6.45, 7) is 2.13. The molecule has 0 spiro atoms. The van der Waals surface area contributed by atoms with E-state index in [4.69, 9.17) is 0 Å². The molecule has 1 aromatic rings. The predicted octanol–water partition coefficient (Wildman–Crippen LogP) is -0.108. The van der Waals surface area contributed by atoms with E-state index < -0.39 is 0 Å². The van der Waals surface area contributed by atoms with Gasteiger partial charge in [0, 0.05) is 19.5 Å². The molecule has 4 nitrogen and oxygen atoms in total. The van der Waals surface area contributed by atoms with Gasteiger partial charge >= 0.3 is 0 Å². The van der Waals surface area contributed by atoms with Crippen molar-refractivity contribution in [3.63, 3.8) is 0 Å². The van der Waals surface area contributed by atoms with E-state index in [0.29, 0.717) is 5.92 Å². The molecule has 60 valence electrons. The average molecular weight is 152 g/mol. The normalized spacial score (nSPS) is 24.3. The van der Waals surface area contributed by atoms with Crippen LogP contribution in [-0.2, 0) is 7.05 Å². The number of aryl methyl sites for hydroxylation is 1. The van der Waals surface area contributed by atoms with Crippen molar-refractivity contribution in [1.29, 1.82) is 0 Å². The highest BCUT2D eigenvalue weighted by atomic mass is 15.3. The smallest absolute Gasteiger partial charge is 0.154 e. The number of hydrogen-bond acceptors (Lipinski definition) is 3. The van der Waals surface area contributed by atoms with Crippen LogP contribution in [0.1, 0.15) is 18.2 Å². The van der Waals surface area contributed by atoms with Gasteiger partial charge < -0.3 is 5.32 Å². The molecule has 1 fully saturated rings. The zero-order valence-electron chi connectivity index (χ0n) is 6.62. The van der Waals surface area contributed by atoms with E-state index in [-0.39, 0.29) is 0 Å². The van der Waals surface area contributed by atoms with E-state index in [2.05, 4.69) is 15.4 Å². The van der Waals surface area contributed by atoms with Crippen LogP contribution >= 0.6 is 0 Å². The zero-order chi connectivity index (χ0) is 7.68. The van der Waals surface area contributed by atoms with Gasteiger partial charge in [0.15, 0.2) is 5.82 Å². The third-order valence-corrected chi connectivity index (χ3v) is 2.04. The molecule has 1 unspecified atom stereocenters. The van der Waals surface area contributed by atoms with Crippen molar-refractivity contribution in [3.8, 4) is 0 Å². The Morgan fingerprint density at radius 2 is 2.64 bits per heavy atom. The summed E-state index contributed by atoms with van der Waals surface area (Å²) in [5.41, 5.74) is 0. The first-order valence-corrected chi connectivity index (χ1v) is 3.92. The van der Waals surface area contributed by atoms with Gasteiger partial charge in [-0.15, -0.1) is 0 Å². The summed E-state index contributed by atoms with van der Waals surface area (Å²) in [6.07, 6.45) is 2.93. The van der Waals surface area contributed by atoms with Crippen molar-refractivity contribution in [2.45, 2.75) is 12.3 Å². The van der Waals surface area contributed by atoms with Crippen LogP contribution in [0.25, 0.3) is 0 Å². The Hall–Kier alpha value is -0.900. The molecule has 0 radical (unpaired) electrons. The number of nitrogens with one attached hydrogen (secondary N) is 1. The molecule has 2 rings (SSSR count). The highest BCUT2D eigenvalue weighted by Gasteiger charge is 2.19. The highest BCUT2D eigenvalue weighted by molar-refractivity contribution is 4.97. The van der Waals surface area contributed by atoms with Crippen LogP contribution in [-0.4, -0.2) is 27.9 Å². The molecule has 1 saturated heterocycles. The Balaban J connectivity index is 2.15. The van der Waals surface area contributed by atoms with Crippen LogP contribution in [0.5, 0.6) is 0 Å². The molecule has 1 N–H and O–H groups in total. The van der Waals surface area contributed by atoms with E-state index in [9.17, 15) is 0 Å². The van der Waals surface area contributed by atoms with Gasteiger partial charge in [-0.2, -0.15) is 5.10 Å². The van der Waals surface area contributed by atoms with E-state index in [1.807, 2.05) is 7.05 Å². The molecule has 1 aliphatic rings. The Labute approximate surface area is 65.6 Å². The Morgan fingerprint density at radius 3 is 3.18 bits per heavy atom. The molecule has 4 heteroatoms. The van der Waals surface area contributed by atoms with Crippen molar-refractivity contribution in [2.75, 3.05) is 13.1 Å². The summed E-state index contributed by atoms with van der Waals surface area (Å²) < 4.78 is 1.76. The molecule has 0 bridgehead atoms. The van der Waals surface area contributed by atoms with Crippen molar-refractivity contribution in [2.24, 2.45) is 7.05 Å². The maximum Gasteiger partial charge on any atom is 0.154 e. The van der Waals surface area contributed by atoms with Gasteiger partial charge in [0.25, 0.3) is 0 Å². The lowest BCUT2D eigenvalue weighted by Gasteiger charge is -1.99. The van der Waals surface area contributed by atoms with E-state index in [1.165, 1.54) is 6.42 Å². The molecule has 0 aromatic carbocycles. The van der Waals surface area contributed by atoms with Crippen molar-refractivity contribution in [3.05, 3.63) is 12.2 Å². The minimum Gasteiger partial charge on any atom is -0.316 e. The van der Waals surface area contributed by atoms with Gasteiger partial charge in [-0.25, -0.2) is 4.98 Å². The van der Waals surface area contributed by atoms with Crippen LogP contribution in [0.3, 0.4) is 0 Å². The van der Waals surface area contributed by atoms with Crippen LogP contribution in [0.4, 0.5) is 0 Å². The second kappa shape index (κ2) is 2.62. The van der Waals surface area contributed by atoms with Gasteiger partial charge in [-0.1, -0.05) is 0 Å². The first-order valence-electron chi connectivity index (χ1n) is 3.92. The second-order valence-corrected chi connectivity index (χ2v) is 2.97. The van der Waals surface area contributed by atoms with Gasteiger partial charge in [0.2, 0.25) is 0 Å². The minimum atomic E-state index is 0.538. The number of nitrogens with zero attached hydrogens (tertiary/aromatic N) is 3. The predicted molar refractivity (Wildman–Crippen MR) is 41.2 cm³/mol. The van der Waals surface area contributed by atoms with E-state index in [0.717, 1.165) is 18.9 Å². The Bertz CT molecular complexity index is 236. The third-order valence-electron chi connectivity index (χ3n) is 2.04. The van der Waals surface area contributed by atoms with Gasteiger partial charge in [-0.05, 0) is 13.0 Å². The maximum atomic E-state index is 4.26. The summed E-state index contributed by atoms with van der Waals surface area (Å²) >= 11 is 0. The van der Waals surface area contributed by atoms with Crippen molar-refractivity contribution >= 4 is 0 Å². The van der Waals surface area contributed by atoms with Crippen molar-refractivity contribution in [1.82, 2.24) is 20.1 Å². The van der Waals surface area contributed by atoms with Gasteiger partial charge in [0.05, 0.1) is 0 Å². The van der Waals surface area contributed by atoms with E-state index >= 15 is 0 Å². The van der Waals surface area contributed by atoms with Gasteiger partial charge in [-0.3, -0.25) is 4.68 Å². The Morgan fingerprint density at radius 1 is 1.73 bits per heavy atom. The summed E-state index contributed by atoms with van der Waals surface area (Å²) in [7, 11) is 1.90. The summed E-state index contributed by atoms with van der Waals surface area (Å²) in [5.74, 6) is 1.52. The molecule has 11 heavy (non-hydrogen) atoms. The minimum absolute atomic E-state index is 0.538. The molecular weight excluding hydrogens is 140 g/mol. The van der Waals surface area contributed by atoms with E-state index in [1.54, 1.807) is 11.0 Å². The van der Waals surface area contributed by atoms with Crippen LogP contribution in [0.2, 0.25) is 0 Å². The quantitative estimate of drug-likeness (QED) is 0.610. The fraction of sp³-hybridized carbons (Fsp3) is 0.714. The van der Waals surface area contributed by atoms with Crippen LogP contribution < -0.4 is 5.32 Å². The maximum absolute atomic E-state index is 4.26. The second-order valence-electron chi connectivity index (χ2n) is 2.97. The average Bonchev–Trinajstić information content (AvgIpc) is 2.55. The largest absolute Gasteiger partial charge is 0.316 e. The molecule has 2 heterocycles. The lowest BCUT2D eigenvalue weighted by Crippen LogP contribution is -2.09. The van der Waals surface area contributed by atoms with Crippen molar-refractivity contribution < 1.29 is 0 Å². The summed E-state index contributed by atoms with van der Waals surface area (Å²) in [6, 6.07) is 0. The fourth-order valence-electron chi connectivity index (χ4n) is 1.42. The first-order chi connectivity index (χ1) is 5.36. The first kappa shape index (κ1) is 6.79. The molecule has 0 amide bonds. The highest BCUT2D eigenvalue weighted by Crippen LogP contribution is 2.17. The van der Waals surface area contributed by atoms with Crippen LogP contribution in [0, 0.1) is 0 Å². The Kier molecular flexibility index (Phi) is 1.62.